The first-order valence-electron chi connectivity index (χ1n) is 4.40. The molecule has 0 saturated carbocycles. The van der Waals surface area contributed by atoms with Gasteiger partial charge in [0.25, 0.3) is 0 Å². The highest BCUT2D eigenvalue weighted by atomic mass is 16.2. The van der Waals surface area contributed by atoms with E-state index in [2.05, 4.69) is 10.6 Å². The zero-order valence-corrected chi connectivity index (χ0v) is 7.96. The fourth-order valence-electron chi connectivity index (χ4n) is 1.26. The number of amides is 2. The fourth-order valence-corrected chi connectivity index (χ4v) is 1.26. The van der Waals surface area contributed by atoms with E-state index < -0.39 is 0 Å². The minimum atomic E-state index is -0.261. The van der Waals surface area contributed by atoms with Gasteiger partial charge in [0.2, 0.25) is 11.8 Å². The van der Waals surface area contributed by atoms with Crippen LogP contribution in [0, 0.1) is 0 Å². The Morgan fingerprint density at radius 1 is 1.77 bits per heavy atom. The summed E-state index contributed by atoms with van der Waals surface area (Å²) in [5.74, 6) is -0.0117. The predicted molar refractivity (Wildman–Crippen MR) is 48.1 cm³/mol. The van der Waals surface area contributed by atoms with Crippen LogP contribution < -0.4 is 10.6 Å². The van der Waals surface area contributed by atoms with Crippen molar-refractivity contribution in [2.75, 3.05) is 26.7 Å². The Morgan fingerprint density at radius 3 is 3.00 bits per heavy atom. The van der Waals surface area contributed by atoms with Crippen LogP contribution in [-0.4, -0.2) is 49.4 Å². The Labute approximate surface area is 77.5 Å². The third-order valence-electron chi connectivity index (χ3n) is 2.05. The van der Waals surface area contributed by atoms with Gasteiger partial charge in [-0.15, -0.1) is 0 Å². The van der Waals surface area contributed by atoms with Gasteiger partial charge in [0.1, 0.15) is 6.04 Å². The molecule has 13 heavy (non-hydrogen) atoms. The number of carbonyl (C=O) groups excluding carboxylic acids is 2. The molecule has 1 atom stereocenters. The van der Waals surface area contributed by atoms with Gasteiger partial charge < -0.3 is 10.2 Å². The Morgan fingerprint density at radius 2 is 2.46 bits per heavy atom. The second-order valence-electron chi connectivity index (χ2n) is 3.10. The number of hydrogen-bond donors (Lipinski definition) is 2. The summed E-state index contributed by atoms with van der Waals surface area (Å²) in [4.78, 5) is 24.0. The van der Waals surface area contributed by atoms with Gasteiger partial charge in [-0.3, -0.25) is 14.9 Å². The quantitative estimate of drug-likeness (QED) is 0.553. The first-order valence-corrected chi connectivity index (χ1v) is 4.40. The molecular formula is C8H15N3O2. The van der Waals surface area contributed by atoms with Crippen molar-refractivity contribution in [1.29, 1.82) is 0 Å². The number of carbonyl (C=O) groups is 2. The normalized spacial score (nSPS) is 23.1. The molecule has 74 valence electrons. The van der Waals surface area contributed by atoms with Crippen LogP contribution in [-0.2, 0) is 9.59 Å². The summed E-state index contributed by atoms with van der Waals surface area (Å²) in [5.41, 5.74) is 0. The van der Waals surface area contributed by atoms with Crippen molar-refractivity contribution in [1.82, 2.24) is 15.5 Å². The number of rotatable bonds is 2. The summed E-state index contributed by atoms with van der Waals surface area (Å²) in [6.45, 7) is 3.19. The van der Waals surface area contributed by atoms with Gasteiger partial charge >= 0.3 is 0 Å². The van der Waals surface area contributed by atoms with Gasteiger partial charge in [0, 0.05) is 20.1 Å². The Balaban J connectivity index is 2.45. The minimum Gasteiger partial charge on any atom is -0.355 e. The molecule has 0 aliphatic carbocycles. The van der Waals surface area contributed by atoms with Crippen molar-refractivity contribution >= 4 is 11.8 Å². The molecule has 1 fully saturated rings. The van der Waals surface area contributed by atoms with E-state index >= 15 is 0 Å². The zero-order chi connectivity index (χ0) is 9.84. The molecule has 0 bridgehead atoms. The van der Waals surface area contributed by atoms with E-state index in [1.165, 1.54) is 0 Å². The molecule has 5 nitrogen and oxygen atoms in total. The molecule has 2 N–H and O–H groups in total. The average Bonchev–Trinajstić information content (AvgIpc) is 2.10. The highest BCUT2D eigenvalue weighted by Crippen LogP contribution is 1.97. The molecule has 1 heterocycles. The van der Waals surface area contributed by atoms with Gasteiger partial charge in [0.15, 0.2) is 0 Å². The monoisotopic (exact) mass is 185 g/mol. The maximum atomic E-state index is 11.3. The maximum absolute atomic E-state index is 11.3. The topological polar surface area (TPSA) is 61.4 Å². The highest BCUT2D eigenvalue weighted by Gasteiger charge is 2.26. The van der Waals surface area contributed by atoms with E-state index in [9.17, 15) is 9.59 Å². The summed E-state index contributed by atoms with van der Waals surface area (Å²) in [6, 6.07) is -0.261. The Bertz CT molecular complexity index is 217. The number of nitrogens with zero attached hydrogens (tertiary/aromatic N) is 1. The summed E-state index contributed by atoms with van der Waals surface area (Å²) in [5, 5.41) is 5.59. The Hall–Kier alpha value is -1.10. The summed E-state index contributed by atoms with van der Waals surface area (Å²) >= 11 is 0. The smallest absolute Gasteiger partial charge is 0.238 e. The molecule has 0 spiro atoms. The van der Waals surface area contributed by atoms with Crippen molar-refractivity contribution in [3.8, 4) is 0 Å². The van der Waals surface area contributed by atoms with Crippen LogP contribution in [0.3, 0.4) is 0 Å². The molecule has 1 rings (SSSR count). The van der Waals surface area contributed by atoms with Gasteiger partial charge in [-0.1, -0.05) is 0 Å². The molecule has 1 saturated heterocycles. The standard InChI is InChI=1S/C8H15N3O2/c1-3-9-8(13)6-5-11(2)7(12)4-10-6/h6,10H,3-5H2,1-2H3,(H,9,13). The van der Waals surface area contributed by atoms with Crippen molar-refractivity contribution in [2.45, 2.75) is 13.0 Å². The summed E-state index contributed by atoms with van der Waals surface area (Å²) in [6.07, 6.45) is 0. The molecule has 1 aliphatic heterocycles. The van der Waals surface area contributed by atoms with Crippen molar-refractivity contribution < 1.29 is 9.59 Å². The molecule has 0 radical (unpaired) electrons. The van der Waals surface area contributed by atoms with Gasteiger partial charge in [-0.05, 0) is 6.92 Å². The molecule has 1 unspecified atom stereocenters. The summed E-state index contributed by atoms with van der Waals surface area (Å²) in [7, 11) is 1.70. The van der Waals surface area contributed by atoms with Crippen LogP contribution in [0.25, 0.3) is 0 Å². The van der Waals surface area contributed by atoms with Crippen molar-refractivity contribution in [3.63, 3.8) is 0 Å². The van der Waals surface area contributed by atoms with Crippen LogP contribution in [0.1, 0.15) is 6.92 Å². The predicted octanol–water partition coefficient (Wildman–Crippen LogP) is -1.45. The van der Waals surface area contributed by atoms with E-state index in [-0.39, 0.29) is 24.4 Å². The summed E-state index contributed by atoms with van der Waals surface area (Å²) < 4.78 is 0. The lowest BCUT2D eigenvalue weighted by atomic mass is 10.2. The van der Waals surface area contributed by atoms with E-state index in [0.29, 0.717) is 13.1 Å². The second kappa shape index (κ2) is 4.23. The lowest BCUT2D eigenvalue weighted by Crippen LogP contribution is -2.58. The van der Waals surface area contributed by atoms with E-state index in [1.54, 1.807) is 11.9 Å². The third kappa shape index (κ3) is 2.42. The number of likely N-dealkylation sites (N-methyl/N-ethyl adjacent to an activating group) is 2. The molecule has 1 aliphatic rings. The number of hydrogen-bond acceptors (Lipinski definition) is 3. The van der Waals surface area contributed by atoms with E-state index in [4.69, 9.17) is 0 Å². The minimum absolute atomic E-state index is 0.0283. The van der Waals surface area contributed by atoms with Crippen LogP contribution in [0.5, 0.6) is 0 Å². The number of piperazine rings is 1. The first kappa shape index (κ1) is 9.98. The van der Waals surface area contributed by atoms with Gasteiger partial charge in [0.05, 0.1) is 6.54 Å². The lowest BCUT2D eigenvalue weighted by Gasteiger charge is -2.29. The van der Waals surface area contributed by atoms with Crippen LogP contribution >= 0.6 is 0 Å². The van der Waals surface area contributed by atoms with Crippen LogP contribution in [0.2, 0.25) is 0 Å². The lowest BCUT2D eigenvalue weighted by molar-refractivity contribution is -0.134. The molecule has 0 aromatic rings. The average molecular weight is 185 g/mol. The third-order valence-corrected chi connectivity index (χ3v) is 2.05. The SMILES string of the molecule is CCNC(=O)C1CN(C)C(=O)CN1. The molecule has 5 heteroatoms. The molecule has 2 amide bonds. The highest BCUT2D eigenvalue weighted by molar-refractivity contribution is 5.86. The van der Waals surface area contributed by atoms with E-state index in [0.717, 1.165) is 0 Å². The van der Waals surface area contributed by atoms with Crippen LogP contribution in [0.15, 0.2) is 0 Å². The molecular weight excluding hydrogens is 170 g/mol. The zero-order valence-electron chi connectivity index (χ0n) is 7.96. The fraction of sp³-hybridized carbons (Fsp3) is 0.750. The Kier molecular flexibility index (Phi) is 3.25. The number of nitrogens with one attached hydrogen (secondary N) is 2. The maximum Gasteiger partial charge on any atom is 0.238 e. The molecule has 0 aromatic heterocycles. The van der Waals surface area contributed by atoms with Crippen molar-refractivity contribution in [3.05, 3.63) is 0 Å². The van der Waals surface area contributed by atoms with Crippen LogP contribution in [0.4, 0.5) is 0 Å². The molecule has 0 aromatic carbocycles. The first-order chi connectivity index (χ1) is 6.15. The van der Waals surface area contributed by atoms with E-state index in [1.807, 2.05) is 6.92 Å². The van der Waals surface area contributed by atoms with Gasteiger partial charge in [-0.2, -0.15) is 0 Å². The van der Waals surface area contributed by atoms with Gasteiger partial charge in [-0.25, -0.2) is 0 Å². The largest absolute Gasteiger partial charge is 0.355 e. The van der Waals surface area contributed by atoms with Crippen molar-refractivity contribution in [2.24, 2.45) is 0 Å². The second-order valence-corrected chi connectivity index (χ2v) is 3.10.